The molecule has 1 saturated heterocycles. The number of carbonyl (C=O) groups is 3. The van der Waals surface area contributed by atoms with Crippen molar-refractivity contribution in [1.29, 1.82) is 0 Å². The summed E-state index contributed by atoms with van der Waals surface area (Å²) in [6, 6.07) is -0.628. The molecule has 21 heavy (non-hydrogen) atoms. The molecule has 0 aliphatic carbocycles. The first kappa shape index (κ1) is 16.1. The zero-order valence-corrected chi connectivity index (χ0v) is 14.2. The summed E-state index contributed by atoms with van der Waals surface area (Å²) in [6.45, 7) is 3.32. The fourth-order valence-electron chi connectivity index (χ4n) is 2.47. The van der Waals surface area contributed by atoms with Gasteiger partial charge in [-0.15, -0.1) is 0 Å². The summed E-state index contributed by atoms with van der Waals surface area (Å²) in [6.07, 6.45) is 0.103. The van der Waals surface area contributed by atoms with Gasteiger partial charge in [-0.2, -0.15) is 0 Å². The lowest BCUT2D eigenvalue weighted by atomic mass is 9.78. The maximum Gasteiger partial charge on any atom is 0.412 e. The van der Waals surface area contributed by atoms with Crippen LogP contribution in [-0.2, 0) is 23.8 Å². The van der Waals surface area contributed by atoms with Crippen molar-refractivity contribution in [1.82, 2.24) is 4.90 Å². The van der Waals surface area contributed by atoms with Crippen molar-refractivity contribution >= 4 is 40.6 Å². The highest BCUT2D eigenvalue weighted by atomic mass is 127. The topological polar surface area (TPSA) is 82.1 Å². The first-order valence-corrected chi connectivity index (χ1v) is 7.51. The van der Waals surface area contributed by atoms with Crippen LogP contribution in [0.2, 0.25) is 0 Å². The number of fused-ring (bicyclic) bond motifs is 2. The average Bonchev–Trinajstić information content (AvgIpc) is 2.45. The summed E-state index contributed by atoms with van der Waals surface area (Å²) in [5.41, 5.74) is -0.602. The minimum Gasteiger partial charge on any atom is -0.466 e. The molecule has 0 radical (unpaired) electrons. The van der Waals surface area contributed by atoms with E-state index >= 15 is 0 Å². The zero-order chi connectivity index (χ0) is 15.9. The Labute approximate surface area is 135 Å². The van der Waals surface area contributed by atoms with Gasteiger partial charge < -0.3 is 14.2 Å². The molecule has 0 N–H and O–H groups in total. The third-order valence-electron chi connectivity index (χ3n) is 3.76. The van der Waals surface area contributed by atoms with Crippen molar-refractivity contribution in [2.45, 2.75) is 30.0 Å². The van der Waals surface area contributed by atoms with E-state index in [1.165, 1.54) is 19.1 Å². The second kappa shape index (κ2) is 5.47. The molecule has 116 valence electrons. The number of methoxy groups -OCH3 is 2. The second-order valence-corrected chi connectivity index (χ2v) is 6.70. The molecule has 2 aliphatic heterocycles. The van der Waals surface area contributed by atoms with Crippen molar-refractivity contribution in [3.8, 4) is 0 Å². The molecule has 0 aromatic heterocycles. The molecule has 1 fully saturated rings. The van der Waals surface area contributed by atoms with E-state index in [0.717, 1.165) is 0 Å². The van der Waals surface area contributed by atoms with Crippen LogP contribution >= 0.6 is 22.6 Å². The van der Waals surface area contributed by atoms with Crippen molar-refractivity contribution in [3.05, 3.63) is 11.6 Å². The van der Waals surface area contributed by atoms with Crippen LogP contribution in [0.3, 0.4) is 0 Å². The number of esters is 2. The van der Waals surface area contributed by atoms with Gasteiger partial charge in [0.2, 0.25) is 0 Å². The Hall–Kier alpha value is -1.32. The highest BCUT2D eigenvalue weighted by molar-refractivity contribution is 14.1. The number of nitrogens with zero attached hydrogens (tertiary/aromatic N) is 1. The van der Waals surface area contributed by atoms with Crippen molar-refractivity contribution < 1.29 is 28.6 Å². The molecule has 2 aliphatic rings. The molecule has 0 saturated carbocycles. The van der Waals surface area contributed by atoms with E-state index in [2.05, 4.69) is 0 Å². The summed E-state index contributed by atoms with van der Waals surface area (Å²) in [5, 5.41) is 0. The molecule has 2 rings (SSSR count). The number of hydrogen-bond donors (Lipinski definition) is 0. The van der Waals surface area contributed by atoms with E-state index in [1.54, 1.807) is 19.9 Å². The molecular formula is C13H16INO6. The lowest BCUT2D eigenvalue weighted by Gasteiger charge is -2.50. The van der Waals surface area contributed by atoms with Crippen LogP contribution in [0.1, 0.15) is 13.8 Å². The Bertz CT molecular complexity index is 529. The maximum absolute atomic E-state index is 12.1. The lowest BCUT2D eigenvalue weighted by molar-refractivity contribution is -0.190. The minimum absolute atomic E-state index is 0.383. The van der Waals surface area contributed by atoms with Gasteiger partial charge in [-0.1, -0.05) is 22.6 Å². The smallest absolute Gasteiger partial charge is 0.412 e. The van der Waals surface area contributed by atoms with Crippen LogP contribution in [0.25, 0.3) is 0 Å². The molecular weight excluding hydrogens is 393 g/mol. The van der Waals surface area contributed by atoms with E-state index in [0.29, 0.717) is 5.57 Å². The Balaban J connectivity index is 2.55. The zero-order valence-electron chi connectivity index (χ0n) is 12.1. The number of carbonyl (C=O) groups excluding carboxylic acids is 3. The van der Waals surface area contributed by atoms with E-state index < -0.39 is 39.6 Å². The molecule has 8 heteroatoms. The predicted molar refractivity (Wildman–Crippen MR) is 79.6 cm³/mol. The van der Waals surface area contributed by atoms with Crippen LogP contribution in [0.4, 0.5) is 4.79 Å². The molecule has 7 nitrogen and oxygen atoms in total. The number of hydrogen-bond acceptors (Lipinski definition) is 6. The number of amides is 1. The lowest BCUT2D eigenvalue weighted by Crippen LogP contribution is -2.66. The minimum atomic E-state index is -0.985. The molecule has 3 atom stereocenters. The fraction of sp³-hybridized carbons (Fsp3) is 0.615. The molecule has 1 amide bonds. The Morgan fingerprint density at radius 3 is 2.48 bits per heavy atom. The SMILES string of the molecule is COC(=O)C1=CC2N(C(=O)OC)C(OC(=O)C2(C)C)C1I. The quantitative estimate of drug-likeness (QED) is 0.281. The fourth-order valence-corrected chi connectivity index (χ4v) is 3.43. The van der Waals surface area contributed by atoms with Gasteiger partial charge in [0, 0.05) is 0 Å². The molecule has 3 unspecified atom stereocenters. The van der Waals surface area contributed by atoms with Crippen molar-refractivity contribution in [2.75, 3.05) is 14.2 Å². The standard InChI is InChI=1S/C13H16INO6/c1-13(2)7-5-6(10(16)19-3)8(14)9(21-11(13)17)15(7)12(18)20-4/h5,7-9H,1-4H3. The largest absolute Gasteiger partial charge is 0.466 e. The summed E-state index contributed by atoms with van der Waals surface area (Å²) >= 11 is 1.95. The maximum atomic E-state index is 12.1. The molecule has 0 aromatic carbocycles. The van der Waals surface area contributed by atoms with Crippen LogP contribution in [0.15, 0.2) is 11.6 Å². The van der Waals surface area contributed by atoms with E-state index in [4.69, 9.17) is 14.2 Å². The van der Waals surface area contributed by atoms with Gasteiger partial charge in [-0.25, -0.2) is 9.59 Å². The summed E-state index contributed by atoms with van der Waals surface area (Å²) in [5.74, 6) is -0.915. The van der Waals surface area contributed by atoms with E-state index in [9.17, 15) is 14.4 Å². The Morgan fingerprint density at radius 1 is 1.33 bits per heavy atom. The van der Waals surface area contributed by atoms with Crippen LogP contribution in [0.5, 0.6) is 0 Å². The van der Waals surface area contributed by atoms with Crippen LogP contribution < -0.4 is 0 Å². The number of alkyl halides is 1. The predicted octanol–water partition coefficient (Wildman–Crippen LogP) is 1.25. The molecule has 0 spiro atoms. The first-order valence-electron chi connectivity index (χ1n) is 6.27. The summed E-state index contributed by atoms with van der Waals surface area (Å²) < 4.78 is 14.4. The van der Waals surface area contributed by atoms with Gasteiger partial charge in [0.1, 0.15) is 0 Å². The molecule has 2 bridgehead atoms. The highest BCUT2D eigenvalue weighted by Crippen LogP contribution is 2.43. The normalized spacial score (nSPS) is 30.1. The van der Waals surface area contributed by atoms with Gasteiger partial charge in [-0.05, 0) is 19.9 Å². The highest BCUT2D eigenvalue weighted by Gasteiger charge is 2.57. The monoisotopic (exact) mass is 409 g/mol. The molecule has 0 aromatic rings. The first-order chi connectivity index (χ1) is 9.75. The van der Waals surface area contributed by atoms with Gasteiger partial charge in [0.15, 0.2) is 6.23 Å². The van der Waals surface area contributed by atoms with Crippen LogP contribution in [0, 0.1) is 5.41 Å². The van der Waals surface area contributed by atoms with Gasteiger partial charge in [0.05, 0.1) is 35.2 Å². The number of ether oxygens (including phenoxy) is 3. The van der Waals surface area contributed by atoms with Gasteiger partial charge in [0.25, 0.3) is 0 Å². The van der Waals surface area contributed by atoms with Crippen molar-refractivity contribution in [3.63, 3.8) is 0 Å². The van der Waals surface area contributed by atoms with E-state index in [1.807, 2.05) is 22.6 Å². The van der Waals surface area contributed by atoms with Gasteiger partial charge >= 0.3 is 18.0 Å². The Morgan fingerprint density at radius 2 is 1.95 bits per heavy atom. The molecule has 2 heterocycles. The van der Waals surface area contributed by atoms with E-state index in [-0.39, 0.29) is 0 Å². The summed E-state index contributed by atoms with van der Waals surface area (Å²) in [4.78, 5) is 37.4. The Kier molecular flexibility index (Phi) is 4.18. The van der Waals surface area contributed by atoms with Gasteiger partial charge in [-0.3, -0.25) is 9.69 Å². The van der Waals surface area contributed by atoms with Crippen LogP contribution in [-0.4, -0.2) is 53.3 Å². The van der Waals surface area contributed by atoms with Crippen molar-refractivity contribution in [2.24, 2.45) is 5.41 Å². The third-order valence-corrected chi connectivity index (χ3v) is 5.04. The number of halogens is 1. The second-order valence-electron chi connectivity index (χ2n) is 5.36. The average molecular weight is 409 g/mol. The third kappa shape index (κ3) is 2.39. The number of rotatable bonds is 1. The summed E-state index contributed by atoms with van der Waals surface area (Å²) in [7, 11) is 2.54.